The highest BCUT2D eigenvalue weighted by Crippen LogP contribution is 2.27. The monoisotopic (exact) mass is 518 g/mol. The lowest BCUT2D eigenvalue weighted by Gasteiger charge is -2.10. The summed E-state index contributed by atoms with van der Waals surface area (Å²) >= 11 is 0. The van der Waals surface area contributed by atoms with Gasteiger partial charge in [0, 0.05) is 17.8 Å². The minimum Gasteiger partial charge on any atom is -0.457 e. The number of carbonyl (C=O) groups excluding carboxylic acids is 1. The van der Waals surface area contributed by atoms with Gasteiger partial charge in [-0.15, -0.1) is 10.2 Å². The van der Waals surface area contributed by atoms with E-state index in [1.54, 1.807) is 24.3 Å². The summed E-state index contributed by atoms with van der Waals surface area (Å²) in [6.45, 7) is 0.177. The Kier molecular flexibility index (Phi) is 6.92. The third-order valence-electron chi connectivity index (χ3n) is 4.66. The number of sulfonamides is 1. The first kappa shape index (κ1) is 24.7. The number of hydrogen-bond donors (Lipinski definition) is 2. The number of alkyl halides is 3. The van der Waals surface area contributed by atoms with Crippen molar-refractivity contribution in [1.82, 2.24) is 15.5 Å². The fraction of sp³-hybridized carbons (Fsp3) is 0.0870. The zero-order valence-electron chi connectivity index (χ0n) is 18.2. The van der Waals surface area contributed by atoms with Crippen LogP contribution < -0.4 is 14.8 Å². The van der Waals surface area contributed by atoms with Gasteiger partial charge in [-0.05, 0) is 54.1 Å². The van der Waals surface area contributed by atoms with Crippen molar-refractivity contribution in [2.75, 3.05) is 4.72 Å². The Labute approximate surface area is 203 Å². The highest BCUT2D eigenvalue weighted by molar-refractivity contribution is 7.93. The number of nitrogens with zero attached hydrogens (tertiary/aromatic N) is 2. The Morgan fingerprint density at radius 2 is 1.53 bits per heavy atom. The molecule has 4 rings (SSSR count). The lowest BCUT2D eigenvalue weighted by Crippen LogP contribution is -2.29. The van der Waals surface area contributed by atoms with Gasteiger partial charge in [0.1, 0.15) is 11.5 Å². The third kappa shape index (κ3) is 5.99. The Hall–Kier alpha value is -4.39. The van der Waals surface area contributed by atoms with Crippen molar-refractivity contribution in [3.8, 4) is 23.0 Å². The number of amides is 1. The van der Waals surface area contributed by atoms with E-state index < -0.39 is 21.4 Å². The first-order valence-corrected chi connectivity index (χ1v) is 11.7. The summed E-state index contributed by atoms with van der Waals surface area (Å²) in [5.41, 5.74) is -4.70. The summed E-state index contributed by atoms with van der Waals surface area (Å²) in [6, 6.07) is 21.1. The third-order valence-corrected chi connectivity index (χ3v) is 5.78. The van der Waals surface area contributed by atoms with Crippen LogP contribution in [-0.2, 0) is 16.6 Å². The van der Waals surface area contributed by atoms with Crippen LogP contribution in [0.15, 0.2) is 83.3 Å². The van der Waals surface area contributed by atoms with Crippen molar-refractivity contribution in [3.05, 3.63) is 90.3 Å². The topological polar surface area (TPSA) is 123 Å². The molecule has 0 aliphatic carbocycles. The van der Waals surface area contributed by atoms with Gasteiger partial charge in [-0.2, -0.15) is 21.6 Å². The molecule has 4 aromatic rings. The average Bonchev–Trinajstić information content (AvgIpc) is 3.34. The standard InChI is InChI=1S/C23H17F3N4O5S/c24-23(25,26)36(32,33)30-17-10-8-16(9-11-17)21-28-29-22(35-21)20(31)27-14-15-6-12-19(13-7-15)34-18-4-2-1-3-5-18/h1-13,30H,14H2,(H,27,31). The van der Waals surface area contributed by atoms with Crippen molar-refractivity contribution < 1.29 is 35.5 Å². The first-order chi connectivity index (χ1) is 17.1. The van der Waals surface area contributed by atoms with Gasteiger partial charge in [0.2, 0.25) is 5.89 Å². The second kappa shape index (κ2) is 10.1. The molecular formula is C23H17F3N4O5S. The van der Waals surface area contributed by atoms with Crippen molar-refractivity contribution in [2.24, 2.45) is 0 Å². The van der Waals surface area contributed by atoms with E-state index in [1.165, 1.54) is 16.9 Å². The fourth-order valence-electron chi connectivity index (χ4n) is 2.88. The molecule has 0 saturated heterocycles. The highest BCUT2D eigenvalue weighted by atomic mass is 32.2. The summed E-state index contributed by atoms with van der Waals surface area (Å²) in [5.74, 6) is 0.301. The summed E-state index contributed by atoms with van der Waals surface area (Å²) in [7, 11) is -5.54. The van der Waals surface area contributed by atoms with Crippen LogP contribution in [0.2, 0.25) is 0 Å². The van der Waals surface area contributed by atoms with Gasteiger partial charge in [-0.25, -0.2) is 0 Å². The van der Waals surface area contributed by atoms with E-state index >= 15 is 0 Å². The van der Waals surface area contributed by atoms with Crippen LogP contribution in [0.5, 0.6) is 11.5 Å². The minimum atomic E-state index is -5.54. The second-order valence-electron chi connectivity index (χ2n) is 7.28. The number of para-hydroxylation sites is 1. The molecule has 0 bridgehead atoms. The van der Waals surface area contributed by atoms with Crippen LogP contribution in [0.25, 0.3) is 11.5 Å². The molecule has 3 aromatic carbocycles. The van der Waals surface area contributed by atoms with E-state index in [2.05, 4.69) is 15.5 Å². The van der Waals surface area contributed by atoms with Gasteiger partial charge in [0.15, 0.2) is 0 Å². The highest BCUT2D eigenvalue weighted by Gasteiger charge is 2.46. The van der Waals surface area contributed by atoms with Gasteiger partial charge in [-0.3, -0.25) is 9.52 Å². The zero-order chi connectivity index (χ0) is 25.8. The molecule has 0 atom stereocenters. The first-order valence-electron chi connectivity index (χ1n) is 10.2. The molecule has 9 nitrogen and oxygen atoms in total. The number of anilines is 1. The SMILES string of the molecule is O=C(NCc1ccc(Oc2ccccc2)cc1)c1nnc(-c2ccc(NS(=O)(=O)C(F)(F)F)cc2)o1. The molecule has 186 valence electrons. The van der Waals surface area contributed by atoms with Crippen molar-refractivity contribution >= 4 is 21.6 Å². The van der Waals surface area contributed by atoms with Crippen molar-refractivity contribution in [1.29, 1.82) is 0 Å². The maximum Gasteiger partial charge on any atom is 0.516 e. The molecule has 0 saturated carbocycles. The molecule has 0 unspecified atom stereocenters. The smallest absolute Gasteiger partial charge is 0.457 e. The van der Waals surface area contributed by atoms with E-state index in [9.17, 15) is 26.4 Å². The van der Waals surface area contributed by atoms with Gasteiger partial charge >= 0.3 is 27.3 Å². The summed E-state index contributed by atoms with van der Waals surface area (Å²) in [5, 5.41) is 10.1. The molecule has 1 aromatic heterocycles. The minimum absolute atomic E-state index is 0.0761. The van der Waals surface area contributed by atoms with E-state index in [1.807, 2.05) is 30.3 Å². The second-order valence-corrected chi connectivity index (χ2v) is 8.96. The maximum absolute atomic E-state index is 12.5. The van der Waals surface area contributed by atoms with Gasteiger partial charge in [-0.1, -0.05) is 30.3 Å². The molecule has 36 heavy (non-hydrogen) atoms. The number of halogens is 3. The van der Waals surface area contributed by atoms with Crippen LogP contribution in [0.1, 0.15) is 16.2 Å². The van der Waals surface area contributed by atoms with Crippen LogP contribution in [-0.4, -0.2) is 30.0 Å². The van der Waals surface area contributed by atoms with Crippen LogP contribution >= 0.6 is 0 Å². The molecule has 0 aliphatic heterocycles. The van der Waals surface area contributed by atoms with E-state index in [-0.39, 0.29) is 29.6 Å². The number of rotatable bonds is 8. The van der Waals surface area contributed by atoms with E-state index in [0.717, 1.165) is 17.7 Å². The van der Waals surface area contributed by atoms with Crippen molar-refractivity contribution in [3.63, 3.8) is 0 Å². The summed E-state index contributed by atoms with van der Waals surface area (Å²) in [4.78, 5) is 12.4. The van der Waals surface area contributed by atoms with Crippen LogP contribution in [0.3, 0.4) is 0 Å². The normalized spacial score (nSPS) is 11.6. The average molecular weight is 518 g/mol. The lowest BCUT2D eigenvalue weighted by atomic mass is 10.2. The van der Waals surface area contributed by atoms with Crippen LogP contribution in [0, 0.1) is 0 Å². The molecule has 13 heteroatoms. The molecule has 0 aliphatic rings. The maximum atomic E-state index is 12.5. The van der Waals surface area contributed by atoms with E-state index in [4.69, 9.17) is 9.15 Å². The summed E-state index contributed by atoms with van der Waals surface area (Å²) < 4.78 is 72.3. The molecule has 0 spiro atoms. The lowest BCUT2D eigenvalue weighted by molar-refractivity contribution is -0.0429. The Morgan fingerprint density at radius 1 is 0.889 bits per heavy atom. The van der Waals surface area contributed by atoms with Crippen molar-refractivity contribution in [2.45, 2.75) is 12.1 Å². The van der Waals surface area contributed by atoms with Gasteiger partial charge in [0.25, 0.3) is 0 Å². The molecule has 2 N–H and O–H groups in total. The number of aromatic nitrogens is 2. The number of carbonyl (C=O) groups is 1. The number of ether oxygens (including phenoxy) is 1. The van der Waals surface area contributed by atoms with Gasteiger partial charge < -0.3 is 14.5 Å². The van der Waals surface area contributed by atoms with Crippen LogP contribution in [0.4, 0.5) is 18.9 Å². The number of nitrogens with one attached hydrogen (secondary N) is 2. The molecule has 1 heterocycles. The number of benzene rings is 3. The summed E-state index contributed by atoms with van der Waals surface area (Å²) in [6.07, 6.45) is 0. The van der Waals surface area contributed by atoms with E-state index in [0.29, 0.717) is 11.5 Å². The zero-order valence-corrected chi connectivity index (χ0v) is 19.0. The Balaban J connectivity index is 1.33. The van der Waals surface area contributed by atoms with Gasteiger partial charge in [0.05, 0.1) is 0 Å². The predicted octanol–water partition coefficient (Wildman–Crippen LogP) is 4.72. The Bertz CT molecular complexity index is 1440. The predicted molar refractivity (Wildman–Crippen MR) is 122 cm³/mol. The molecule has 1 amide bonds. The molecule has 0 radical (unpaired) electrons. The number of hydrogen-bond acceptors (Lipinski definition) is 7. The largest absolute Gasteiger partial charge is 0.516 e. The fourth-order valence-corrected chi connectivity index (χ4v) is 3.45. The molecular weight excluding hydrogens is 501 g/mol. The quantitative estimate of drug-likeness (QED) is 0.346. The molecule has 0 fully saturated rings. The Morgan fingerprint density at radius 3 is 2.17 bits per heavy atom.